The third kappa shape index (κ3) is 4.13. The first-order chi connectivity index (χ1) is 8.62. The summed E-state index contributed by atoms with van der Waals surface area (Å²) < 4.78 is 5.55. The molecule has 1 N–H and O–H groups in total. The molecule has 1 aromatic carbocycles. The Morgan fingerprint density at radius 2 is 1.95 bits per heavy atom. The SMILES string of the molecule is CC(C)COc1c(Cl)cc(C(C)(C)C)cc1C(=O)O. The van der Waals surface area contributed by atoms with Crippen molar-refractivity contribution in [1.29, 1.82) is 0 Å². The van der Waals surface area contributed by atoms with Gasteiger partial charge in [-0.1, -0.05) is 46.2 Å². The van der Waals surface area contributed by atoms with Crippen molar-refractivity contribution in [3.63, 3.8) is 0 Å². The molecule has 4 heteroatoms. The maximum Gasteiger partial charge on any atom is 0.339 e. The second kappa shape index (κ2) is 5.83. The van der Waals surface area contributed by atoms with E-state index < -0.39 is 5.97 Å². The van der Waals surface area contributed by atoms with Crippen molar-refractivity contribution < 1.29 is 14.6 Å². The van der Waals surface area contributed by atoms with Crippen LogP contribution in [0.3, 0.4) is 0 Å². The minimum atomic E-state index is -1.02. The van der Waals surface area contributed by atoms with E-state index in [1.165, 1.54) is 0 Å². The minimum absolute atomic E-state index is 0.123. The summed E-state index contributed by atoms with van der Waals surface area (Å²) in [6, 6.07) is 3.42. The standard InChI is InChI=1S/C15H21ClO3/c1-9(2)8-19-13-11(14(17)18)6-10(7-12(13)16)15(3,4)5/h6-7,9H,8H2,1-5H3,(H,17,18). The first kappa shape index (κ1) is 15.8. The van der Waals surface area contributed by atoms with Crippen molar-refractivity contribution in [3.05, 3.63) is 28.3 Å². The number of hydrogen-bond donors (Lipinski definition) is 1. The summed E-state index contributed by atoms with van der Waals surface area (Å²) in [5, 5.41) is 9.66. The fourth-order valence-corrected chi connectivity index (χ4v) is 1.86. The Hall–Kier alpha value is -1.22. The lowest BCUT2D eigenvalue weighted by atomic mass is 9.86. The Labute approximate surface area is 119 Å². The van der Waals surface area contributed by atoms with Crippen LogP contribution in [0.15, 0.2) is 12.1 Å². The van der Waals surface area contributed by atoms with E-state index in [9.17, 15) is 9.90 Å². The Kier molecular flexibility index (Phi) is 4.86. The van der Waals surface area contributed by atoms with Crippen molar-refractivity contribution >= 4 is 17.6 Å². The summed E-state index contributed by atoms with van der Waals surface area (Å²) in [6.07, 6.45) is 0. The number of aromatic carboxylic acids is 1. The van der Waals surface area contributed by atoms with E-state index in [-0.39, 0.29) is 16.7 Å². The first-order valence-corrected chi connectivity index (χ1v) is 6.71. The molecule has 0 aliphatic carbocycles. The molecule has 106 valence electrons. The van der Waals surface area contributed by atoms with Crippen LogP contribution >= 0.6 is 11.6 Å². The third-order valence-electron chi connectivity index (χ3n) is 2.70. The molecule has 0 amide bonds. The first-order valence-electron chi connectivity index (χ1n) is 6.33. The Balaban J connectivity index is 3.27. The second-order valence-electron chi connectivity index (χ2n) is 6.09. The van der Waals surface area contributed by atoms with E-state index >= 15 is 0 Å². The normalized spacial score (nSPS) is 11.7. The smallest absolute Gasteiger partial charge is 0.339 e. The highest BCUT2D eigenvalue weighted by atomic mass is 35.5. The fourth-order valence-electron chi connectivity index (χ4n) is 1.58. The largest absolute Gasteiger partial charge is 0.491 e. The zero-order valence-electron chi connectivity index (χ0n) is 12.1. The van der Waals surface area contributed by atoms with Crippen LogP contribution in [0.2, 0.25) is 5.02 Å². The lowest BCUT2D eigenvalue weighted by molar-refractivity contribution is 0.0691. The number of rotatable bonds is 4. The molecule has 0 radical (unpaired) electrons. The highest BCUT2D eigenvalue weighted by molar-refractivity contribution is 6.32. The molecule has 0 aromatic heterocycles. The summed E-state index contributed by atoms with van der Waals surface area (Å²) in [4.78, 5) is 11.4. The highest BCUT2D eigenvalue weighted by Gasteiger charge is 2.22. The van der Waals surface area contributed by atoms with E-state index in [1.807, 2.05) is 34.6 Å². The maximum absolute atomic E-state index is 11.4. The Morgan fingerprint density at radius 1 is 1.37 bits per heavy atom. The van der Waals surface area contributed by atoms with Gasteiger partial charge in [0.1, 0.15) is 5.56 Å². The molecule has 19 heavy (non-hydrogen) atoms. The van der Waals surface area contributed by atoms with Crippen molar-refractivity contribution in [2.24, 2.45) is 5.92 Å². The van der Waals surface area contributed by atoms with Crippen LogP contribution in [0.5, 0.6) is 5.75 Å². The van der Waals surface area contributed by atoms with Crippen molar-refractivity contribution in [1.82, 2.24) is 0 Å². The van der Waals surface area contributed by atoms with Gasteiger partial charge in [-0.15, -0.1) is 0 Å². The monoisotopic (exact) mass is 284 g/mol. The highest BCUT2D eigenvalue weighted by Crippen LogP contribution is 2.35. The van der Waals surface area contributed by atoms with Gasteiger partial charge in [-0.3, -0.25) is 0 Å². The van der Waals surface area contributed by atoms with Gasteiger partial charge in [-0.05, 0) is 29.0 Å². The molecule has 0 spiro atoms. The molecule has 1 rings (SSSR count). The topological polar surface area (TPSA) is 46.5 Å². The number of carbonyl (C=O) groups is 1. The number of carboxylic acid groups (broad SMARTS) is 1. The number of halogens is 1. The van der Waals surface area contributed by atoms with Crippen LogP contribution in [-0.4, -0.2) is 17.7 Å². The maximum atomic E-state index is 11.4. The number of carboxylic acids is 1. The van der Waals surface area contributed by atoms with E-state index in [0.29, 0.717) is 17.5 Å². The number of ether oxygens (including phenoxy) is 1. The summed E-state index contributed by atoms with van der Waals surface area (Å²) in [7, 11) is 0. The summed E-state index contributed by atoms with van der Waals surface area (Å²) >= 11 is 6.18. The van der Waals surface area contributed by atoms with Gasteiger partial charge in [0.05, 0.1) is 11.6 Å². The van der Waals surface area contributed by atoms with Gasteiger partial charge in [0.15, 0.2) is 5.75 Å². The fraction of sp³-hybridized carbons (Fsp3) is 0.533. The lowest BCUT2D eigenvalue weighted by Gasteiger charge is -2.22. The molecule has 0 unspecified atom stereocenters. The Morgan fingerprint density at radius 3 is 2.37 bits per heavy atom. The van der Waals surface area contributed by atoms with E-state index in [1.54, 1.807) is 12.1 Å². The average Bonchev–Trinajstić information content (AvgIpc) is 2.24. The molecule has 1 aromatic rings. The second-order valence-corrected chi connectivity index (χ2v) is 6.50. The van der Waals surface area contributed by atoms with Crippen LogP contribution in [-0.2, 0) is 5.41 Å². The van der Waals surface area contributed by atoms with Gasteiger partial charge >= 0.3 is 5.97 Å². The van der Waals surface area contributed by atoms with E-state index in [0.717, 1.165) is 5.56 Å². The molecular weight excluding hydrogens is 264 g/mol. The molecule has 0 aliphatic heterocycles. The van der Waals surface area contributed by atoms with Gasteiger partial charge in [-0.25, -0.2) is 4.79 Å². The predicted octanol–water partition coefficient (Wildman–Crippen LogP) is 4.37. The van der Waals surface area contributed by atoms with Crippen molar-refractivity contribution in [3.8, 4) is 5.75 Å². The van der Waals surface area contributed by atoms with E-state index in [2.05, 4.69) is 0 Å². The van der Waals surface area contributed by atoms with Crippen molar-refractivity contribution in [2.75, 3.05) is 6.61 Å². The van der Waals surface area contributed by atoms with Gasteiger partial charge in [0.25, 0.3) is 0 Å². The lowest BCUT2D eigenvalue weighted by Crippen LogP contribution is -2.15. The third-order valence-corrected chi connectivity index (χ3v) is 2.98. The van der Waals surface area contributed by atoms with Gasteiger partial charge in [0.2, 0.25) is 0 Å². The van der Waals surface area contributed by atoms with E-state index in [4.69, 9.17) is 16.3 Å². The molecule has 0 aliphatic rings. The molecule has 0 fully saturated rings. The van der Waals surface area contributed by atoms with Crippen molar-refractivity contribution in [2.45, 2.75) is 40.0 Å². The van der Waals surface area contributed by atoms with Crippen LogP contribution in [0.4, 0.5) is 0 Å². The Bertz CT molecular complexity index is 473. The molecule has 0 heterocycles. The zero-order chi connectivity index (χ0) is 14.8. The van der Waals surface area contributed by atoms with Crippen LogP contribution in [0.1, 0.15) is 50.5 Å². The zero-order valence-corrected chi connectivity index (χ0v) is 12.8. The van der Waals surface area contributed by atoms with Crippen LogP contribution in [0.25, 0.3) is 0 Å². The van der Waals surface area contributed by atoms with Gasteiger partial charge in [0, 0.05) is 0 Å². The average molecular weight is 285 g/mol. The molecule has 0 atom stereocenters. The summed E-state index contributed by atoms with van der Waals surface area (Å²) in [6.45, 7) is 10.5. The minimum Gasteiger partial charge on any atom is -0.491 e. The summed E-state index contributed by atoms with van der Waals surface area (Å²) in [5.74, 6) is -0.456. The molecule has 0 saturated heterocycles. The predicted molar refractivity (Wildman–Crippen MR) is 77.4 cm³/mol. The number of benzene rings is 1. The van der Waals surface area contributed by atoms with Crippen LogP contribution in [0, 0.1) is 5.92 Å². The van der Waals surface area contributed by atoms with Crippen LogP contribution < -0.4 is 4.74 Å². The summed E-state index contributed by atoms with van der Waals surface area (Å²) in [5.41, 5.74) is 0.842. The quantitative estimate of drug-likeness (QED) is 0.893. The molecule has 0 saturated carbocycles. The van der Waals surface area contributed by atoms with Gasteiger partial charge in [-0.2, -0.15) is 0 Å². The number of hydrogen-bond acceptors (Lipinski definition) is 2. The molecule has 3 nitrogen and oxygen atoms in total. The van der Waals surface area contributed by atoms with Gasteiger partial charge < -0.3 is 9.84 Å². The molecular formula is C15H21ClO3. The molecule has 0 bridgehead atoms.